The molecular formula is C22H23F5N6O. The quantitative estimate of drug-likeness (QED) is 0.479. The van der Waals surface area contributed by atoms with E-state index in [2.05, 4.69) is 25.0 Å². The molecule has 182 valence electrons. The molecule has 1 aliphatic carbocycles. The number of ether oxygens (including phenoxy) is 1. The molecule has 1 saturated heterocycles. The molecule has 2 fully saturated rings. The molecule has 0 N–H and O–H groups in total. The highest BCUT2D eigenvalue weighted by atomic mass is 19.4. The van der Waals surface area contributed by atoms with Crippen LogP contribution in [0.2, 0.25) is 0 Å². The number of nitrogens with zero attached hydrogens (tertiary/aromatic N) is 6. The topological polar surface area (TPSA) is 69.0 Å². The van der Waals surface area contributed by atoms with Crippen LogP contribution in [-0.2, 0) is 12.7 Å². The number of piperidine rings is 1. The Hall–Kier alpha value is -3.05. The van der Waals surface area contributed by atoms with E-state index >= 15 is 0 Å². The minimum Gasteiger partial charge on any atom is -0.492 e. The van der Waals surface area contributed by atoms with Crippen LogP contribution in [0.1, 0.15) is 31.2 Å². The van der Waals surface area contributed by atoms with Crippen molar-refractivity contribution in [2.75, 3.05) is 24.6 Å². The van der Waals surface area contributed by atoms with Crippen molar-refractivity contribution in [1.82, 2.24) is 24.7 Å². The number of anilines is 1. The van der Waals surface area contributed by atoms with Crippen LogP contribution in [0.15, 0.2) is 30.9 Å². The average Bonchev–Trinajstić information content (AvgIpc) is 3.17. The first-order valence-electron chi connectivity index (χ1n) is 11.1. The number of fused-ring (bicyclic) bond motifs is 1. The number of rotatable bonds is 6. The maximum Gasteiger partial charge on any atom is 0.418 e. The summed E-state index contributed by atoms with van der Waals surface area (Å²) in [6.45, 7) is 1.39. The minimum atomic E-state index is -4.45. The standard InChI is InChI=1S/C22H23F5N6O/c23-18(24)12-33-20-17(10-30-33)29-11-19(31-20)32-3-1-21(2-4-32)6-14(7-21)13-34-16-5-15(8-28-9-16)22(25,26)27/h5,8-11,14,18H,1-4,6-7,12-13H2. The van der Waals surface area contributed by atoms with Crippen LogP contribution in [0.25, 0.3) is 11.2 Å². The van der Waals surface area contributed by atoms with Crippen LogP contribution >= 0.6 is 0 Å². The summed E-state index contributed by atoms with van der Waals surface area (Å²) in [7, 11) is 0. The van der Waals surface area contributed by atoms with Gasteiger partial charge < -0.3 is 9.64 Å². The second kappa shape index (κ2) is 8.62. The third kappa shape index (κ3) is 4.62. The van der Waals surface area contributed by atoms with E-state index in [0.29, 0.717) is 29.5 Å². The Morgan fingerprint density at radius 1 is 1.09 bits per heavy atom. The van der Waals surface area contributed by atoms with Gasteiger partial charge in [0.05, 0.1) is 30.8 Å². The summed E-state index contributed by atoms with van der Waals surface area (Å²) < 4.78 is 70.8. The lowest BCUT2D eigenvalue weighted by atomic mass is 9.58. The Balaban J connectivity index is 1.14. The third-order valence-electron chi connectivity index (χ3n) is 6.76. The van der Waals surface area contributed by atoms with Gasteiger partial charge in [0.1, 0.15) is 23.6 Å². The minimum absolute atomic E-state index is 0.130. The lowest BCUT2D eigenvalue weighted by Crippen LogP contribution is -2.48. The number of aromatic nitrogens is 5. The van der Waals surface area contributed by atoms with Crippen LogP contribution in [-0.4, -0.2) is 50.9 Å². The van der Waals surface area contributed by atoms with Crippen LogP contribution in [0, 0.1) is 11.3 Å². The molecule has 2 aliphatic rings. The fourth-order valence-corrected chi connectivity index (χ4v) is 5.02. The molecule has 0 unspecified atom stereocenters. The normalized spacial score (nSPS) is 18.6. The van der Waals surface area contributed by atoms with Crippen LogP contribution < -0.4 is 9.64 Å². The van der Waals surface area contributed by atoms with Crippen molar-refractivity contribution in [2.24, 2.45) is 11.3 Å². The number of pyridine rings is 1. The van der Waals surface area contributed by atoms with E-state index in [4.69, 9.17) is 4.74 Å². The van der Waals surface area contributed by atoms with E-state index < -0.39 is 24.7 Å². The molecule has 12 heteroatoms. The van der Waals surface area contributed by atoms with E-state index in [-0.39, 0.29) is 11.2 Å². The largest absolute Gasteiger partial charge is 0.492 e. The highest BCUT2D eigenvalue weighted by Gasteiger charge is 2.46. The van der Waals surface area contributed by atoms with Gasteiger partial charge in [-0.1, -0.05) is 0 Å². The van der Waals surface area contributed by atoms with Gasteiger partial charge in [0.25, 0.3) is 6.43 Å². The van der Waals surface area contributed by atoms with Gasteiger partial charge in [-0.3, -0.25) is 4.98 Å². The second-order valence-corrected chi connectivity index (χ2v) is 9.13. The Labute approximate surface area is 192 Å². The van der Waals surface area contributed by atoms with Gasteiger partial charge in [-0.05, 0) is 43.1 Å². The fourth-order valence-electron chi connectivity index (χ4n) is 5.02. The molecular weight excluding hydrogens is 459 g/mol. The maximum absolute atomic E-state index is 12.8. The second-order valence-electron chi connectivity index (χ2n) is 9.13. The number of halogens is 5. The Morgan fingerprint density at radius 2 is 1.85 bits per heavy atom. The molecule has 0 amide bonds. The van der Waals surface area contributed by atoms with Crippen molar-refractivity contribution in [1.29, 1.82) is 0 Å². The predicted octanol–water partition coefficient (Wildman–Crippen LogP) is 4.58. The van der Waals surface area contributed by atoms with Gasteiger partial charge in [-0.25, -0.2) is 23.4 Å². The highest BCUT2D eigenvalue weighted by Crippen LogP contribution is 2.52. The van der Waals surface area contributed by atoms with Crippen molar-refractivity contribution < 1.29 is 26.7 Å². The SMILES string of the molecule is FC(F)Cn1ncc2ncc(N3CCC4(CC3)CC(COc3cncc(C(F)(F)F)c3)C4)nc21. The van der Waals surface area contributed by atoms with Gasteiger partial charge in [0.2, 0.25) is 0 Å². The monoisotopic (exact) mass is 482 g/mol. The Kier molecular flexibility index (Phi) is 5.76. The van der Waals surface area contributed by atoms with Gasteiger partial charge in [0.15, 0.2) is 5.65 Å². The summed E-state index contributed by atoms with van der Waals surface area (Å²) in [5.41, 5.74) is 0.214. The van der Waals surface area contributed by atoms with Gasteiger partial charge in [-0.2, -0.15) is 18.3 Å². The van der Waals surface area contributed by atoms with Crippen LogP contribution in [0.5, 0.6) is 5.75 Å². The van der Waals surface area contributed by atoms with Gasteiger partial charge >= 0.3 is 6.18 Å². The summed E-state index contributed by atoms with van der Waals surface area (Å²) in [5, 5.41) is 3.95. The third-order valence-corrected chi connectivity index (χ3v) is 6.76. The molecule has 0 aromatic carbocycles. The highest BCUT2D eigenvalue weighted by molar-refractivity contribution is 5.71. The van der Waals surface area contributed by atoms with E-state index in [1.807, 2.05) is 0 Å². The summed E-state index contributed by atoms with van der Waals surface area (Å²) in [6, 6.07) is 0.977. The van der Waals surface area contributed by atoms with E-state index in [1.54, 1.807) is 6.20 Å². The molecule has 3 aromatic rings. The molecule has 1 saturated carbocycles. The first-order chi connectivity index (χ1) is 16.2. The molecule has 34 heavy (non-hydrogen) atoms. The van der Waals surface area contributed by atoms with E-state index in [0.717, 1.165) is 51.0 Å². The predicted molar refractivity (Wildman–Crippen MR) is 113 cm³/mol. The van der Waals surface area contributed by atoms with Crippen molar-refractivity contribution in [2.45, 2.75) is 44.8 Å². The zero-order valence-corrected chi connectivity index (χ0v) is 18.2. The average molecular weight is 482 g/mol. The van der Waals surface area contributed by atoms with Crippen molar-refractivity contribution in [3.8, 4) is 5.75 Å². The summed E-state index contributed by atoms with van der Waals surface area (Å²) in [5.74, 6) is 1.07. The zero-order chi connectivity index (χ0) is 23.9. The number of alkyl halides is 5. The Morgan fingerprint density at radius 3 is 2.56 bits per heavy atom. The van der Waals surface area contributed by atoms with Crippen molar-refractivity contribution >= 4 is 17.0 Å². The van der Waals surface area contributed by atoms with Crippen LogP contribution in [0.4, 0.5) is 27.8 Å². The summed E-state index contributed by atoms with van der Waals surface area (Å²) in [6.07, 6.45) is 2.01. The summed E-state index contributed by atoms with van der Waals surface area (Å²) >= 11 is 0. The first kappa shape index (κ1) is 22.7. The van der Waals surface area contributed by atoms with Crippen molar-refractivity contribution in [3.63, 3.8) is 0 Å². The molecule has 0 bridgehead atoms. The first-order valence-corrected chi connectivity index (χ1v) is 11.1. The maximum atomic E-state index is 12.8. The molecule has 5 rings (SSSR count). The van der Waals surface area contributed by atoms with Gasteiger partial charge in [-0.15, -0.1) is 0 Å². The lowest BCUT2D eigenvalue weighted by Gasteiger charge is -2.52. The number of hydrogen-bond acceptors (Lipinski definition) is 6. The molecule has 0 radical (unpaired) electrons. The van der Waals surface area contributed by atoms with E-state index in [1.165, 1.54) is 17.1 Å². The zero-order valence-electron chi connectivity index (χ0n) is 18.2. The van der Waals surface area contributed by atoms with Crippen molar-refractivity contribution in [3.05, 3.63) is 36.4 Å². The fraction of sp³-hybridized carbons (Fsp3) is 0.545. The van der Waals surface area contributed by atoms with Crippen LogP contribution in [0.3, 0.4) is 0 Å². The molecule has 4 heterocycles. The smallest absolute Gasteiger partial charge is 0.418 e. The molecule has 1 aliphatic heterocycles. The number of hydrogen-bond donors (Lipinski definition) is 0. The lowest BCUT2D eigenvalue weighted by molar-refractivity contribution is -0.138. The molecule has 1 spiro atoms. The van der Waals surface area contributed by atoms with E-state index in [9.17, 15) is 22.0 Å². The molecule has 3 aromatic heterocycles. The Bertz CT molecular complexity index is 1150. The molecule has 7 nitrogen and oxygen atoms in total. The van der Waals surface area contributed by atoms with Gasteiger partial charge in [0, 0.05) is 19.3 Å². The summed E-state index contributed by atoms with van der Waals surface area (Å²) in [4.78, 5) is 14.6. The molecule has 0 atom stereocenters.